The Kier molecular flexibility index (Phi) is 9.82. The standard InChI is InChI=1S/C16H30N4OS/c1-4-7-13(8-9-21)10-18-16(17-6-3)19-11-14-12-22-15(5-2)20-14/h12-13,21H,4-11H2,1-3H3,(H2,17,18,19). The zero-order chi connectivity index (χ0) is 16.2. The number of aliphatic imine (C=N–C) groups is 1. The lowest BCUT2D eigenvalue weighted by molar-refractivity contribution is 0.251. The van der Waals surface area contributed by atoms with E-state index in [0.29, 0.717) is 12.5 Å². The first-order valence-electron chi connectivity index (χ1n) is 8.29. The van der Waals surface area contributed by atoms with Gasteiger partial charge in [-0.25, -0.2) is 9.98 Å². The third-order valence-corrected chi connectivity index (χ3v) is 4.48. The normalized spacial score (nSPS) is 13.2. The molecule has 0 bridgehead atoms. The summed E-state index contributed by atoms with van der Waals surface area (Å²) in [5.41, 5.74) is 1.03. The molecule has 0 fully saturated rings. The Balaban J connectivity index is 2.53. The molecule has 0 aliphatic carbocycles. The van der Waals surface area contributed by atoms with Crippen molar-refractivity contribution in [2.75, 3.05) is 19.7 Å². The lowest BCUT2D eigenvalue weighted by Crippen LogP contribution is -2.40. The van der Waals surface area contributed by atoms with Crippen molar-refractivity contribution < 1.29 is 5.11 Å². The zero-order valence-electron chi connectivity index (χ0n) is 14.1. The summed E-state index contributed by atoms with van der Waals surface area (Å²) in [5.74, 6) is 1.32. The van der Waals surface area contributed by atoms with Gasteiger partial charge in [0.1, 0.15) is 0 Å². The summed E-state index contributed by atoms with van der Waals surface area (Å²) in [6.45, 7) is 8.89. The molecule has 0 aliphatic rings. The van der Waals surface area contributed by atoms with Crippen LogP contribution < -0.4 is 10.6 Å². The van der Waals surface area contributed by atoms with Crippen LogP contribution in [0.25, 0.3) is 0 Å². The molecule has 0 amide bonds. The second kappa shape index (κ2) is 11.4. The molecule has 0 aromatic carbocycles. The quantitative estimate of drug-likeness (QED) is 0.456. The predicted octanol–water partition coefficient (Wildman–Crippen LogP) is 2.56. The minimum atomic E-state index is 0.249. The maximum atomic E-state index is 9.13. The third-order valence-electron chi connectivity index (χ3n) is 3.44. The van der Waals surface area contributed by atoms with E-state index in [1.807, 2.05) is 0 Å². The van der Waals surface area contributed by atoms with Gasteiger partial charge in [-0.1, -0.05) is 20.3 Å². The average molecular weight is 327 g/mol. The summed E-state index contributed by atoms with van der Waals surface area (Å²) in [6.07, 6.45) is 4.08. The van der Waals surface area contributed by atoms with E-state index in [1.165, 1.54) is 0 Å². The SMILES string of the molecule is CCCC(CCO)CNC(=NCc1csc(CC)n1)NCC. The van der Waals surface area contributed by atoms with Crippen LogP contribution >= 0.6 is 11.3 Å². The highest BCUT2D eigenvalue weighted by molar-refractivity contribution is 7.09. The van der Waals surface area contributed by atoms with Crippen molar-refractivity contribution in [1.29, 1.82) is 0 Å². The van der Waals surface area contributed by atoms with Gasteiger partial charge in [0.05, 0.1) is 17.2 Å². The molecule has 1 unspecified atom stereocenters. The van der Waals surface area contributed by atoms with Crippen LogP contribution in [0.15, 0.2) is 10.4 Å². The molecule has 22 heavy (non-hydrogen) atoms. The molecule has 1 heterocycles. The van der Waals surface area contributed by atoms with Crippen molar-refractivity contribution in [3.05, 3.63) is 16.1 Å². The van der Waals surface area contributed by atoms with E-state index in [9.17, 15) is 0 Å². The highest BCUT2D eigenvalue weighted by Crippen LogP contribution is 2.11. The number of thiazole rings is 1. The monoisotopic (exact) mass is 326 g/mol. The molecular formula is C16H30N4OS. The largest absolute Gasteiger partial charge is 0.396 e. The molecule has 5 nitrogen and oxygen atoms in total. The first-order chi connectivity index (χ1) is 10.7. The van der Waals surface area contributed by atoms with Gasteiger partial charge >= 0.3 is 0 Å². The molecule has 0 aliphatic heterocycles. The Bertz CT molecular complexity index is 428. The van der Waals surface area contributed by atoms with Crippen LogP contribution in [0.5, 0.6) is 0 Å². The second-order valence-electron chi connectivity index (χ2n) is 5.33. The fourth-order valence-corrected chi connectivity index (χ4v) is 3.00. The molecule has 0 saturated carbocycles. The summed E-state index contributed by atoms with van der Waals surface area (Å²) in [4.78, 5) is 9.14. The van der Waals surface area contributed by atoms with E-state index in [2.05, 4.69) is 46.8 Å². The number of hydrogen-bond donors (Lipinski definition) is 3. The summed E-state index contributed by atoms with van der Waals surface area (Å²) < 4.78 is 0. The van der Waals surface area contributed by atoms with Crippen LogP contribution in [0.2, 0.25) is 0 Å². The Labute approximate surface area is 138 Å². The average Bonchev–Trinajstić information content (AvgIpc) is 2.98. The van der Waals surface area contributed by atoms with Crippen molar-refractivity contribution >= 4 is 17.3 Å². The maximum absolute atomic E-state index is 9.13. The summed E-state index contributed by atoms with van der Waals surface area (Å²) >= 11 is 1.70. The summed E-state index contributed by atoms with van der Waals surface area (Å²) in [7, 11) is 0. The van der Waals surface area contributed by atoms with E-state index in [0.717, 1.165) is 55.4 Å². The van der Waals surface area contributed by atoms with E-state index in [-0.39, 0.29) is 6.61 Å². The number of nitrogens with one attached hydrogen (secondary N) is 2. The number of nitrogens with zero attached hydrogens (tertiary/aromatic N) is 2. The fraction of sp³-hybridized carbons (Fsp3) is 0.750. The molecule has 1 aromatic heterocycles. The predicted molar refractivity (Wildman–Crippen MR) is 94.4 cm³/mol. The molecule has 0 saturated heterocycles. The van der Waals surface area contributed by atoms with Gasteiger partial charge in [-0.3, -0.25) is 0 Å². The van der Waals surface area contributed by atoms with Crippen LogP contribution in [0, 0.1) is 5.92 Å². The van der Waals surface area contributed by atoms with Gasteiger partial charge in [-0.2, -0.15) is 0 Å². The molecule has 0 radical (unpaired) electrons. The van der Waals surface area contributed by atoms with Crippen LogP contribution in [0.3, 0.4) is 0 Å². The van der Waals surface area contributed by atoms with Gasteiger partial charge < -0.3 is 15.7 Å². The molecule has 1 atom stereocenters. The first kappa shape index (κ1) is 18.9. The van der Waals surface area contributed by atoms with E-state index < -0.39 is 0 Å². The molecule has 126 valence electrons. The Morgan fingerprint density at radius 2 is 2.14 bits per heavy atom. The number of guanidine groups is 1. The van der Waals surface area contributed by atoms with Crippen LogP contribution in [-0.2, 0) is 13.0 Å². The van der Waals surface area contributed by atoms with Crippen LogP contribution in [-0.4, -0.2) is 35.7 Å². The number of aliphatic hydroxyl groups excluding tert-OH is 1. The van der Waals surface area contributed by atoms with E-state index in [4.69, 9.17) is 5.11 Å². The second-order valence-corrected chi connectivity index (χ2v) is 6.27. The van der Waals surface area contributed by atoms with Crippen molar-refractivity contribution in [3.8, 4) is 0 Å². The number of hydrogen-bond acceptors (Lipinski definition) is 4. The first-order valence-corrected chi connectivity index (χ1v) is 9.17. The zero-order valence-corrected chi connectivity index (χ0v) is 14.9. The molecular weight excluding hydrogens is 296 g/mol. The van der Waals surface area contributed by atoms with Gasteiger partial charge in [0.15, 0.2) is 5.96 Å². The third kappa shape index (κ3) is 7.22. The Hall–Kier alpha value is -1.14. The molecule has 1 aromatic rings. The summed E-state index contributed by atoms with van der Waals surface area (Å²) in [5, 5.41) is 19.0. The fourth-order valence-electron chi connectivity index (χ4n) is 2.27. The maximum Gasteiger partial charge on any atom is 0.191 e. The van der Waals surface area contributed by atoms with Gasteiger partial charge in [0, 0.05) is 25.1 Å². The van der Waals surface area contributed by atoms with Gasteiger partial charge in [-0.15, -0.1) is 11.3 Å². The van der Waals surface area contributed by atoms with E-state index in [1.54, 1.807) is 11.3 Å². The van der Waals surface area contributed by atoms with Gasteiger partial charge in [0.25, 0.3) is 0 Å². The molecule has 6 heteroatoms. The molecule has 1 rings (SSSR count). The van der Waals surface area contributed by atoms with Crippen molar-refractivity contribution in [3.63, 3.8) is 0 Å². The molecule has 3 N–H and O–H groups in total. The lowest BCUT2D eigenvalue weighted by Gasteiger charge is -2.18. The minimum absolute atomic E-state index is 0.249. The van der Waals surface area contributed by atoms with Crippen molar-refractivity contribution in [1.82, 2.24) is 15.6 Å². The number of aryl methyl sites for hydroxylation is 1. The number of aliphatic hydroxyl groups is 1. The van der Waals surface area contributed by atoms with Crippen LogP contribution in [0.1, 0.15) is 50.7 Å². The lowest BCUT2D eigenvalue weighted by atomic mass is 10.0. The van der Waals surface area contributed by atoms with E-state index >= 15 is 0 Å². The highest BCUT2D eigenvalue weighted by atomic mass is 32.1. The van der Waals surface area contributed by atoms with Crippen molar-refractivity contribution in [2.45, 2.75) is 53.0 Å². The van der Waals surface area contributed by atoms with Gasteiger partial charge in [-0.05, 0) is 32.1 Å². The highest BCUT2D eigenvalue weighted by Gasteiger charge is 2.08. The van der Waals surface area contributed by atoms with Crippen molar-refractivity contribution in [2.24, 2.45) is 10.9 Å². The smallest absolute Gasteiger partial charge is 0.191 e. The summed E-state index contributed by atoms with van der Waals surface area (Å²) in [6, 6.07) is 0. The number of rotatable bonds is 10. The topological polar surface area (TPSA) is 69.5 Å². The van der Waals surface area contributed by atoms with Crippen LogP contribution in [0.4, 0.5) is 0 Å². The number of aromatic nitrogens is 1. The Morgan fingerprint density at radius 3 is 2.73 bits per heavy atom. The minimum Gasteiger partial charge on any atom is -0.396 e. The molecule has 0 spiro atoms. The Morgan fingerprint density at radius 1 is 1.32 bits per heavy atom. The van der Waals surface area contributed by atoms with Gasteiger partial charge in [0.2, 0.25) is 0 Å².